The maximum atomic E-state index is 5.49. The number of rotatable bonds is 3. The summed E-state index contributed by atoms with van der Waals surface area (Å²) in [7, 11) is 0. The van der Waals surface area contributed by atoms with Crippen molar-refractivity contribution in [2.24, 2.45) is 11.3 Å². The van der Waals surface area contributed by atoms with Crippen LogP contribution in [0.3, 0.4) is 0 Å². The molecule has 1 saturated heterocycles. The minimum absolute atomic E-state index is 0.212. The molecule has 92 valence electrons. The van der Waals surface area contributed by atoms with E-state index < -0.39 is 0 Å². The van der Waals surface area contributed by atoms with Gasteiger partial charge in [0.2, 0.25) is 0 Å². The molecule has 1 aliphatic carbocycles. The van der Waals surface area contributed by atoms with E-state index in [0.717, 1.165) is 12.5 Å². The Morgan fingerprint density at radius 1 is 1.31 bits per heavy atom. The minimum atomic E-state index is 0.212. The monoisotopic (exact) mass is 222 g/mol. The fraction of sp³-hybridized carbons (Fsp3) is 0.867. The van der Waals surface area contributed by atoms with E-state index in [0.29, 0.717) is 5.41 Å². The van der Waals surface area contributed by atoms with Crippen molar-refractivity contribution < 1.29 is 4.74 Å². The second kappa shape index (κ2) is 3.87. The number of allylic oxidation sites excluding steroid dienone is 2. The summed E-state index contributed by atoms with van der Waals surface area (Å²) in [6.07, 6.45) is 5.10. The van der Waals surface area contributed by atoms with Crippen LogP contribution in [-0.2, 0) is 4.74 Å². The van der Waals surface area contributed by atoms with E-state index in [2.05, 4.69) is 34.6 Å². The van der Waals surface area contributed by atoms with Crippen molar-refractivity contribution >= 4 is 0 Å². The van der Waals surface area contributed by atoms with Crippen molar-refractivity contribution in [3.63, 3.8) is 0 Å². The third kappa shape index (κ3) is 2.20. The maximum Gasteiger partial charge on any atom is 0.0891 e. The first kappa shape index (κ1) is 12.2. The Hall–Kier alpha value is -0.300. The van der Waals surface area contributed by atoms with Gasteiger partial charge in [-0.1, -0.05) is 31.9 Å². The lowest BCUT2D eigenvalue weighted by molar-refractivity contribution is 0.232. The highest BCUT2D eigenvalue weighted by molar-refractivity contribution is 5.24. The number of epoxide rings is 1. The molecule has 0 aromatic heterocycles. The van der Waals surface area contributed by atoms with Gasteiger partial charge in [0, 0.05) is 0 Å². The van der Waals surface area contributed by atoms with Gasteiger partial charge in [-0.05, 0) is 50.9 Å². The topological polar surface area (TPSA) is 12.5 Å². The van der Waals surface area contributed by atoms with Crippen LogP contribution in [0.1, 0.15) is 60.3 Å². The van der Waals surface area contributed by atoms with Gasteiger partial charge >= 0.3 is 0 Å². The molecule has 1 fully saturated rings. The van der Waals surface area contributed by atoms with Crippen LogP contribution in [0.25, 0.3) is 0 Å². The second-order valence-electron chi connectivity index (χ2n) is 6.66. The average Bonchev–Trinajstić information content (AvgIpc) is 2.91. The van der Waals surface area contributed by atoms with E-state index in [9.17, 15) is 0 Å². The van der Waals surface area contributed by atoms with Crippen LogP contribution in [0.2, 0.25) is 0 Å². The average molecular weight is 222 g/mol. The van der Waals surface area contributed by atoms with Gasteiger partial charge in [0.05, 0.1) is 12.2 Å². The minimum Gasteiger partial charge on any atom is -0.370 e. The molecular weight excluding hydrogens is 196 g/mol. The molecule has 1 aliphatic heterocycles. The van der Waals surface area contributed by atoms with Gasteiger partial charge in [0.25, 0.3) is 0 Å². The highest BCUT2D eigenvalue weighted by atomic mass is 16.6. The van der Waals surface area contributed by atoms with Crippen LogP contribution in [0, 0.1) is 11.3 Å². The molecule has 0 aromatic rings. The zero-order valence-corrected chi connectivity index (χ0v) is 11.5. The molecule has 1 heteroatoms. The molecule has 16 heavy (non-hydrogen) atoms. The third-order valence-electron chi connectivity index (χ3n) is 5.02. The molecule has 0 N–H and O–H groups in total. The smallest absolute Gasteiger partial charge is 0.0891 e. The normalized spacial score (nSPS) is 37.7. The van der Waals surface area contributed by atoms with Crippen molar-refractivity contribution in [3.05, 3.63) is 11.1 Å². The van der Waals surface area contributed by atoms with E-state index >= 15 is 0 Å². The number of ether oxygens (including phenoxy) is 1. The molecule has 2 atom stereocenters. The highest BCUT2D eigenvalue weighted by Crippen LogP contribution is 2.47. The van der Waals surface area contributed by atoms with Crippen LogP contribution >= 0.6 is 0 Å². The van der Waals surface area contributed by atoms with Crippen LogP contribution in [0.5, 0.6) is 0 Å². The number of hydrogen-bond donors (Lipinski definition) is 0. The molecule has 0 saturated carbocycles. The Morgan fingerprint density at radius 3 is 2.50 bits per heavy atom. The largest absolute Gasteiger partial charge is 0.370 e. The molecule has 0 bridgehead atoms. The zero-order valence-electron chi connectivity index (χ0n) is 11.5. The molecule has 0 amide bonds. The molecule has 2 aliphatic rings. The second-order valence-corrected chi connectivity index (χ2v) is 6.66. The summed E-state index contributed by atoms with van der Waals surface area (Å²) in [5, 5.41) is 0. The van der Waals surface area contributed by atoms with Gasteiger partial charge in [0.15, 0.2) is 0 Å². The summed E-state index contributed by atoms with van der Waals surface area (Å²) >= 11 is 0. The van der Waals surface area contributed by atoms with Crippen molar-refractivity contribution in [3.8, 4) is 0 Å². The Morgan fingerprint density at radius 2 is 1.94 bits per heavy atom. The van der Waals surface area contributed by atoms with Crippen LogP contribution in [-0.4, -0.2) is 12.2 Å². The lowest BCUT2D eigenvalue weighted by Crippen LogP contribution is -2.29. The first-order chi connectivity index (χ1) is 7.35. The SMILES string of the molecule is CC1=C(CCC2(C)CO2)C(C)(C)C(C)CC1. The first-order valence-corrected chi connectivity index (χ1v) is 6.68. The van der Waals surface area contributed by atoms with Gasteiger partial charge in [-0.25, -0.2) is 0 Å². The van der Waals surface area contributed by atoms with Crippen molar-refractivity contribution in [1.29, 1.82) is 0 Å². The van der Waals surface area contributed by atoms with E-state index in [1.807, 2.05) is 0 Å². The first-order valence-electron chi connectivity index (χ1n) is 6.68. The standard InChI is InChI=1S/C15H26O/c1-11-6-7-12(2)14(3,4)13(11)8-9-15(5)10-16-15/h12H,6-10H2,1-5H3. The predicted octanol–water partition coefficient (Wildman–Crippen LogP) is 4.33. The van der Waals surface area contributed by atoms with E-state index in [-0.39, 0.29) is 5.60 Å². The lowest BCUT2D eigenvalue weighted by Gasteiger charge is -2.40. The van der Waals surface area contributed by atoms with Gasteiger partial charge in [-0.3, -0.25) is 0 Å². The summed E-state index contributed by atoms with van der Waals surface area (Å²) in [4.78, 5) is 0. The predicted molar refractivity (Wildman–Crippen MR) is 68.5 cm³/mol. The van der Waals surface area contributed by atoms with Gasteiger partial charge in [-0.15, -0.1) is 0 Å². The number of hydrogen-bond acceptors (Lipinski definition) is 1. The Labute approximate surface area is 100 Å². The maximum absolute atomic E-state index is 5.49. The fourth-order valence-electron chi connectivity index (χ4n) is 2.98. The quantitative estimate of drug-likeness (QED) is 0.511. The van der Waals surface area contributed by atoms with E-state index in [1.165, 1.54) is 25.7 Å². The zero-order chi connectivity index (χ0) is 12.0. The van der Waals surface area contributed by atoms with Crippen LogP contribution in [0.4, 0.5) is 0 Å². The molecule has 1 heterocycles. The van der Waals surface area contributed by atoms with Crippen LogP contribution in [0.15, 0.2) is 11.1 Å². The Balaban J connectivity index is 2.09. The summed E-state index contributed by atoms with van der Waals surface area (Å²) in [5.41, 5.74) is 3.97. The van der Waals surface area contributed by atoms with Crippen LogP contribution < -0.4 is 0 Å². The van der Waals surface area contributed by atoms with Crippen molar-refractivity contribution in [1.82, 2.24) is 0 Å². The van der Waals surface area contributed by atoms with Gasteiger partial charge < -0.3 is 4.74 Å². The van der Waals surface area contributed by atoms with E-state index in [1.54, 1.807) is 11.1 Å². The molecule has 2 rings (SSSR count). The lowest BCUT2D eigenvalue weighted by atomic mass is 9.65. The summed E-state index contributed by atoms with van der Waals surface area (Å²) < 4.78 is 5.49. The van der Waals surface area contributed by atoms with Gasteiger partial charge in [0.1, 0.15) is 0 Å². The van der Waals surface area contributed by atoms with Crippen molar-refractivity contribution in [2.75, 3.05) is 6.61 Å². The summed E-state index contributed by atoms with van der Waals surface area (Å²) in [6, 6.07) is 0. The molecular formula is C15H26O. The van der Waals surface area contributed by atoms with Gasteiger partial charge in [-0.2, -0.15) is 0 Å². The summed E-state index contributed by atoms with van der Waals surface area (Å²) in [5.74, 6) is 0.819. The highest BCUT2D eigenvalue weighted by Gasteiger charge is 2.41. The van der Waals surface area contributed by atoms with E-state index in [4.69, 9.17) is 4.74 Å². The Bertz CT molecular complexity index is 307. The third-order valence-corrected chi connectivity index (χ3v) is 5.02. The molecule has 0 spiro atoms. The fourth-order valence-corrected chi connectivity index (χ4v) is 2.98. The summed E-state index contributed by atoms with van der Waals surface area (Å²) in [6.45, 7) is 12.8. The molecule has 0 radical (unpaired) electrons. The van der Waals surface area contributed by atoms with Crippen molar-refractivity contribution in [2.45, 2.75) is 65.9 Å². The molecule has 1 nitrogen and oxygen atoms in total. The molecule has 0 aromatic carbocycles. The molecule has 2 unspecified atom stereocenters. The Kier molecular flexibility index (Phi) is 2.94.